The summed E-state index contributed by atoms with van der Waals surface area (Å²) in [6.07, 6.45) is 2.56. The second-order valence-corrected chi connectivity index (χ2v) is 8.81. The maximum atomic E-state index is 11.6. The monoisotopic (exact) mass is 326 g/mol. The SMILES string of the molecule is CCC1C2C[C@@H]3[C@H]4N(C)c5ccccc5[C@@]45CC([C@@H]2[C@@H]5O)N3[C@H]1O. The van der Waals surface area contributed by atoms with E-state index in [1.165, 1.54) is 11.3 Å². The summed E-state index contributed by atoms with van der Waals surface area (Å²) in [6, 6.07) is 9.70. The Morgan fingerprint density at radius 3 is 2.79 bits per heavy atom. The van der Waals surface area contributed by atoms with Crippen LogP contribution in [0.3, 0.4) is 0 Å². The molecule has 4 heteroatoms. The maximum Gasteiger partial charge on any atom is 0.111 e. The van der Waals surface area contributed by atoms with Crippen LogP contribution in [0.1, 0.15) is 31.7 Å². The third-order valence-corrected chi connectivity index (χ3v) is 8.46. The van der Waals surface area contributed by atoms with Gasteiger partial charge in [-0.2, -0.15) is 0 Å². The fraction of sp³-hybridized carbons (Fsp3) is 0.700. The Balaban J connectivity index is 1.60. The van der Waals surface area contributed by atoms with Crippen LogP contribution < -0.4 is 4.90 Å². The average Bonchev–Trinajstić information content (AvgIpc) is 2.97. The van der Waals surface area contributed by atoms with Gasteiger partial charge in [-0.1, -0.05) is 25.1 Å². The van der Waals surface area contributed by atoms with E-state index in [4.69, 9.17) is 0 Å². The molecule has 5 heterocycles. The molecule has 1 aromatic rings. The van der Waals surface area contributed by atoms with Crippen LogP contribution in [0.2, 0.25) is 0 Å². The zero-order valence-electron chi connectivity index (χ0n) is 14.3. The highest BCUT2D eigenvalue weighted by Crippen LogP contribution is 2.68. The minimum Gasteiger partial charge on any atom is -0.392 e. The number of benzene rings is 1. The van der Waals surface area contributed by atoms with E-state index < -0.39 is 0 Å². The Morgan fingerprint density at radius 1 is 1.21 bits per heavy atom. The molecular weight excluding hydrogens is 300 g/mol. The third-order valence-electron chi connectivity index (χ3n) is 8.46. The van der Waals surface area contributed by atoms with E-state index in [1.54, 1.807) is 0 Å². The molecule has 7 rings (SSSR count). The van der Waals surface area contributed by atoms with Crippen LogP contribution >= 0.6 is 0 Å². The van der Waals surface area contributed by atoms with Gasteiger partial charge in [-0.15, -0.1) is 0 Å². The van der Waals surface area contributed by atoms with Crippen molar-refractivity contribution in [2.24, 2.45) is 17.8 Å². The molecule has 0 aromatic heterocycles. The van der Waals surface area contributed by atoms with E-state index in [0.29, 0.717) is 35.9 Å². The second-order valence-electron chi connectivity index (χ2n) is 8.81. The maximum absolute atomic E-state index is 11.6. The van der Waals surface area contributed by atoms with Crippen molar-refractivity contribution in [2.75, 3.05) is 11.9 Å². The van der Waals surface area contributed by atoms with Crippen molar-refractivity contribution in [3.05, 3.63) is 29.8 Å². The molecule has 1 spiro atoms. The molecule has 24 heavy (non-hydrogen) atoms. The van der Waals surface area contributed by atoms with Crippen molar-refractivity contribution in [1.82, 2.24) is 4.90 Å². The van der Waals surface area contributed by atoms with Crippen LogP contribution in [0.5, 0.6) is 0 Å². The normalized spacial score (nSPS) is 55.8. The summed E-state index contributed by atoms with van der Waals surface area (Å²) < 4.78 is 0. The highest BCUT2D eigenvalue weighted by atomic mass is 16.3. The summed E-state index contributed by atoms with van der Waals surface area (Å²) in [4.78, 5) is 4.83. The largest absolute Gasteiger partial charge is 0.392 e. The summed E-state index contributed by atoms with van der Waals surface area (Å²) in [5.74, 6) is 1.14. The molecule has 0 amide bonds. The van der Waals surface area contributed by atoms with Crippen LogP contribution in [-0.2, 0) is 5.41 Å². The Kier molecular flexibility index (Phi) is 2.45. The summed E-state index contributed by atoms with van der Waals surface area (Å²) in [5.41, 5.74) is 2.51. The van der Waals surface area contributed by atoms with Crippen LogP contribution in [0, 0.1) is 17.8 Å². The number of nitrogens with zero attached hydrogens (tertiary/aromatic N) is 2. The molecule has 4 nitrogen and oxygen atoms in total. The molecule has 10 atom stereocenters. The van der Waals surface area contributed by atoms with Crippen molar-refractivity contribution in [3.8, 4) is 0 Å². The van der Waals surface area contributed by atoms with E-state index in [-0.39, 0.29) is 17.7 Å². The molecule has 5 bridgehead atoms. The smallest absolute Gasteiger partial charge is 0.111 e. The first-order chi connectivity index (χ1) is 11.6. The highest BCUT2D eigenvalue weighted by molar-refractivity contribution is 5.67. The van der Waals surface area contributed by atoms with Gasteiger partial charge in [-0.05, 0) is 36.8 Å². The van der Waals surface area contributed by atoms with Gasteiger partial charge in [-0.3, -0.25) is 4.90 Å². The lowest BCUT2D eigenvalue weighted by Crippen LogP contribution is -2.72. The third kappa shape index (κ3) is 1.20. The van der Waals surface area contributed by atoms with Crippen LogP contribution in [0.25, 0.3) is 0 Å². The number of fused-ring (bicyclic) bond motifs is 2. The van der Waals surface area contributed by atoms with E-state index in [9.17, 15) is 10.2 Å². The molecule has 6 aliphatic rings. The van der Waals surface area contributed by atoms with E-state index >= 15 is 0 Å². The number of aliphatic hydroxyl groups excluding tert-OH is 2. The summed E-state index contributed by atoms with van der Waals surface area (Å²) >= 11 is 0. The molecule has 128 valence electrons. The molecule has 5 fully saturated rings. The second kappa shape index (κ2) is 4.17. The van der Waals surface area contributed by atoms with Gasteiger partial charge in [0.1, 0.15) is 6.23 Å². The lowest BCUT2D eigenvalue weighted by atomic mass is 9.62. The molecular formula is C20H26N2O2. The van der Waals surface area contributed by atoms with Gasteiger partial charge in [0.25, 0.3) is 0 Å². The lowest BCUT2D eigenvalue weighted by molar-refractivity contribution is -0.211. The fourth-order valence-electron chi connectivity index (χ4n) is 7.88. The first-order valence-electron chi connectivity index (χ1n) is 9.57. The van der Waals surface area contributed by atoms with Gasteiger partial charge in [0.15, 0.2) is 0 Å². The van der Waals surface area contributed by atoms with Gasteiger partial charge < -0.3 is 15.1 Å². The summed E-state index contributed by atoms with van der Waals surface area (Å²) in [6.45, 7) is 2.19. The Morgan fingerprint density at radius 2 is 2.00 bits per heavy atom. The number of para-hydroxylation sites is 1. The minimum atomic E-state index is -0.319. The quantitative estimate of drug-likeness (QED) is 0.822. The predicted octanol–water partition coefficient (Wildman–Crippen LogP) is 1.55. The Bertz CT molecular complexity index is 723. The van der Waals surface area contributed by atoms with Crippen molar-refractivity contribution in [3.63, 3.8) is 0 Å². The van der Waals surface area contributed by atoms with Crippen LogP contribution in [0.4, 0.5) is 5.69 Å². The minimum absolute atomic E-state index is 0.126. The Hall–Kier alpha value is -1.10. The fourth-order valence-corrected chi connectivity index (χ4v) is 7.88. The molecule has 4 unspecified atom stereocenters. The Labute approximate surface area is 143 Å². The predicted molar refractivity (Wildman–Crippen MR) is 91.7 cm³/mol. The zero-order valence-corrected chi connectivity index (χ0v) is 14.3. The number of likely N-dealkylation sites (N-methyl/N-ethyl adjacent to an activating group) is 1. The van der Waals surface area contributed by atoms with Crippen LogP contribution in [-0.4, -0.2) is 52.6 Å². The summed E-state index contributed by atoms with van der Waals surface area (Å²) in [5, 5.41) is 22.6. The number of piperidine rings is 4. The zero-order chi connectivity index (χ0) is 16.4. The van der Waals surface area contributed by atoms with Gasteiger partial charge >= 0.3 is 0 Å². The van der Waals surface area contributed by atoms with Gasteiger partial charge in [0.05, 0.1) is 12.1 Å². The lowest BCUT2D eigenvalue weighted by Gasteiger charge is -2.62. The average molecular weight is 326 g/mol. The number of hydrogen-bond acceptors (Lipinski definition) is 4. The highest BCUT2D eigenvalue weighted by Gasteiger charge is 2.76. The van der Waals surface area contributed by atoms with Crippen molar-refractivity contribution < 1.29 is 10.2 Å². The van der Waals surface area contributed by atoms with E-state index in [1.807, 2.05) is 0 Å². The number of anilines is 1. The molecule has 1 saturated carbocycles. The van der Waals surface area contributed by atoms with Gasteiger partial charge in [-0.25, -0.2) is 0 Å². The van der Waals surface area contributed by atoms with Crippen molar-refractivity contribution >= 4 is 5.69 Å². The summed E-state index contributed by atoms with van der Waals surface area (Å²) in [7, 11) is 2.19. The van der Waals surface area contributed by atoms with Gasteiger partial charge in [0.2, 0.25) is 0 Å². The number of rotatable bonds is 1. The molecule has 2 N–H and O–H groups in total. The number of hydrogen-bond donors (Lipinski definition) is 2. The standard InChI is InChI=1S/C20H26N2O2/c1-3-10-11-8-14-17-20(12-6-4-5-7-13(12)21(17)2)9-15(16(11)18(20)23)22(14)19(10)24/h4-7,10-11,14-19,23-24H,3,8-9H2,1-2H3/t10?,11?,14-,15?,16-,17-,18+,19+,20+/m1/s1. The van der Waals surface area contributed by atoms with Crippen molar-refractivity contribution in [2.45, 2.75) is 62.1 Å². The van der Waals surface area contributed by atoms with Crippen molar-refractivity contribution in [1.29, 1.82) is 0 Å². The van der Waals surface area contributed by atoms with E-state index in [0.717, 1.165) is 19.3 Å². The molecule has 1 aromatic carbocycles. The molecule has 0 radical (unpaired) electrons. The number of aliphatic hydroxyl groups is 2. The first kappa shape index (κ1) is 14.1. The molecule has 5 aliphatic heterocycles. The van der Waals surface area contributed by atoms with E-state index in [2.05, 4.69) is 48.0 Å². The first-order valence-corrected chi connectivity index (χ1v) is 9.57. The molecule has 4 saturated heterocycles. The van der Waals surface area contributed by atoms with Gasteiger partial charge in [0, 0.05) is 42.1 Å². The van der Waals surface area contributed by atoms with Crippen LogP contribution in [0.15, 0.2) is 24.3 Å². The molecule has 1 aliphatic carbocycles. The topological polar surface area (TPSA) is 46.9 Å².